The summed E-state index contributed by atoms with van der Waals surface area (Å²) in [6.45, 7) is 7.20. The minimum Gasteiger partial charge on any atom is -0.353 e. The summed E-state index contributed by atoms with van der Waals surface area (Å²) in [6, 6.07) is 5.71. The molecule has 0 bridgehead atoms. The second-order valence-electron chi connectivity index (χ2n) is 6.74. The number of hydrogen-bond donors (Lipinski definition) is 2. The molecule has 0 unspecified atom stereocenters. The Kier molecular flexibility index (Phi) is 6.17. The maximum atomic E-state index is 13.2. The smallest absolute Gasteiger partial charge is 0.321 e. The lowest BCUT2D eigenvalue weighted by molar-refractivity contribution is -0.127. The van der Waals surface area contributed by atoms with E-state index in [1.165, 1.54) is 12.1 Å². The number of rotatable bonds is 4. The number of halogens is 1. The van der Waals surface area contributed by atoms with Crippen LogP contribution < -0.4 is 10.6 Å². The van der Waals surface area contributed by atoms with Gasteiger partial charge in [0.1, 0.15) is 5.82 Å². The molecular weight excluding hydrogens is 309 g/mol. The van der Waals surface area contributed by atoms with Crippen molar-refractivity contribution in [2.24, 2.45) is 11.8 Å². The summed E-state index contributed by atoms with van der Waals surface area (Å²) >= 11 is 0. The molecule has 0 aliphatic carbocycles. The van der Waals surface area contributed by atoms with Crippen molar-refractivity contribution in [2.75, 3.05) is 18.4 Å². The summed E-state index contributed by atoms with van der Waals surface area (Å²) < 4.78 is 13.2. The predicted octanol–water partition coefficient (Wildman–Crippen LogP) is 3.23. The summed E-state index contributed by atoms with van der Waals surface area (Å²) in [6.07, 6.45) is 1.29. The first-order chi connectivity index (χ1) is 11.4. The minimum atomic E-state index is -0.387. The number of hydrogen-bond acceptors (Lipinski definition) is 2. The molecular formula is C18H26FN3O2. The Bertz CT molecular complexity index is 583. The fourth-order valence-corrected chi connectivity index (χ4v) is 2.62. The quantitative estimate of drug-likeness (QED) is 0.887. The van der Waals surface area contributed by atoms with Gasteiger partial charge < -0.3 is 15.5 Å². The molecule has 6 heteroatoms. The van der Waals surface area contributed by atoms with E-state index in [1.54, 1.807) is 17.0 Å². The van der Waals surface area contributed by atoms with Crippen molar-refractivity contribution < 1.29 is 14.0 Å². The number of anilines is 1. The van der Waals surface area contributed by atoms with Gasteiger partial charge in [0.05, 0.1) is 0 Å². The number of nitrogens with one attached hydrogen (secondary N) is 2. The Hall–Kier alpha value is -2.11. The van der Waals surface area contributed by atoms with Gasteiger partial charge in [0, 0.05) is 30.7 Å². The standard InChI is InChI=1S/C18H26FN3O2/c1-12(2)13(3)20-17(23)14-7-9-22(10-8-14)18(24)21-16-6-4-5-15(19)11-16/h4-6,11-14H,7-10H2,1-3H3,(H,20,23)(H,21,24)/t13-/m0/s1. The lowest BCUT2D eigenvalue weighted by Crippen LogP contribution is -2.46. The van der Waals surface area contributed by atoms with Crippen molar-refractivity contribution in [2.45, 2.75) is 39.7 Å². The molecule has 0 radical (unpaired) electrons. The van der Waals surface area contributed by atoms with Crippen molar-refractivity contribution in [3.05, 3.63) is 30.1 Å². The fourth-order valence-electron chi connectivity index (χ4n) is 2.62. The molecule has 1 aliphatic heterocycles. The second kappa shape index (κ2) is 8.13. The van der Waals surface area contributed by atoms with E-state index in [0.29, 0.717) is 37.5 Å². The molecule has 1 aromatic carbocycles. The van der Waals surface area contributed by atoms with Crippen LogP contribution in [-0.4, -0.2) is 36.0 Å². The van der Waals surface area contributed by atoms with Crippen molar-refractivity contribution in [1.82, 2.24) is 10.2 Å². The van der Waals surface area contributed by atoms with Gasteiger partial charge >= 0.3 is 6.03 Å². The molecule has 0 saturated carbocycles. The van der Waals surface area contributed by atoms with E-state index in [4.69, 9.17) is 0 Å². The number of carbonyl (C=O) groups is 2. The van der Waals surface area contributed by atoms with Gasteiger partial charge in [0.2, 0.25) is 5.91 Å². The average molecular weight is 335 g/mol. The van der Waals surface area contributed by atoms with E-state index < -0.39 is 0 Å². The highest BCUT2D eigenvalue weighted by molar-refractivity contribution is 5.89. The van der Waals surface area contributed by atoms with Gasteiger partial charge in [-0.25, -0.2) is 9.18 Å². The lowest BCUT2D eigenvalue weighted by Gasteiger charge is -2.32. The first-order valence-electron chi connectivity index (χ1n) is 8.48. The first kappa shape index (κ1) is 18.2. The predicted molar refractivity (Wildman–Crippen MR) is 92.2 cm³/mol. The molecule has 1 aliphatic rings. The summed E-state index contributed by atoms with van der Waals surface area (Å²) in [5.41, 5.74) is 0.436. The Morgan fingerprint density at radius 1 is 1.21 bits per heavy atom. The highest BCUT2D eigenvalue weighted by Crippen LogP contribution is 2.19. The van der Waals surface area contributed by atoms with Gasteiger partial charge in [0.25, 0.3) is 0 Å². The fraction of sp³-hybridized carbons (Fsp3) is 0.556. The maximum Gasteiger partial charge on any atom is 0.321 e. The first-order valence-corrected chi connectivity index (χ1v) is 8.48. The Morgan fingerprint density at radius 3 is 2.46 bits per heavy atom. The van der Waals surface area contributed by atoms with Crippen molar-refractivity contribution in [3.63, 3.8) is 0 Å². The van der Waals surface area contributed by atoms with Gasteiger partial charge in [-0.3, -0.25) is 4.79 Å². The molecule has 132 valence electrons. The summed E-state index contributed by atoms with van der Waals surface area (Å²) in [5.74, 6) is 0.0272. The number of nitrogens with zero attached hydrogens (tertiary/aromatic N) is 1. The van der Waals surface area contributed by atoms with Crippen LogP contribution in [0.3, 0.4) is 0 Å². The van der Waals surface area contributed by atoms with Crippen LogP contribution in [0.25, 0.3) is 0 Å². The molecule has 3 amide bonds. The number of urea groups is 1. The molecule has 1 fully saturated rings. The Labute approximate surface area is 142 Å². The van der Waals surface area contributed by atoms with Crippen LogP contribution in [0, 0.1) is 17.7 Å². The van der Waals surface area contributed by atoms with Crippen LogP contribution in [0.1, 0.15) is 33.6 Å². The van der Waals surface area contributed by atoms with E-state index in [-0.39, 0.29) is 29.7 Å². The van der Waals surface area contributed by atoms with Gasteiger partial charge in [0.15, 0.2) is 0 Å². The zero-order chi connectivity index (χ0) is 17.7. The Morgan fingerprint density at radius 2 is 1.88 bits per heavy atom. The van der Waals surface area contributed by atoms with Crippen molar-refractivity contribution >= 4 is 17.6 Å². The van der Waals surface area contributed by atoms with Crippen LogP contribution in [-0.2, 0) is 4.79 Å². The molecule has 1 atom stereocenters. The van der Waals surface area contributed by atoms with Crippen molar-refractivity contribution in [1.29, 1.82) is 0 Å². The molecule has 1 aromatic rings. The highest BCUT2D eigenvalue weighted by atomic mass is 19.1. The Balaban J connectivity index is 1.81. The van der Waals surface area contributed by atoms with E-state index in [0.717, 1.165) is 0 Å². The van der Waals surface area contributed by atoms with Crippen LogP contribution in [0.15, 0.2) is 24.3 Å². The molecule has 24 heavy (non-hydrogen) atoms. The largest absolute Gasteiger partial charge is 0.353 e. The molecule has 5 nitrogen and oxygen atoms in total. The van der Waals surface area contributed by atoms with E-state index in [1.807, 2.05) is 6.92 Å². The molecule has 1 saturated heterocycles. The third kappa shape index (κ3) is 4.94. The summed E-state index contributed by atoms with van der Waals surface area (Å²) in [4.78, 5) is 26.1. The SMILES string of the molecule is CC(C)[C@H](C)NC(=O)C1CCN(C(=O)Nc2cccc(F)c2)CC1. The van der Waals surface area contributed by atoms with Gasteiger partial charge in [-0.2, -0.15) is 0 Å². The number of amides is 3. The van der Waals surface area contributed by atoms with Crippen LogP contribution in [0.4, 0.5) is 14.9 Å². The molecule has 0 spiro atoms. The van der Waals surface area contributed by atoms with Gasteiger partial charge in [-0.1, -0.05) is 19.9 Å². The monoisotopic (exact) mass is 335 g/mol. The number of benzene rings is 1. The zero-order valence-corrected chi connectivity index (χ0v) is 14.5. The third-order valence-corrected chi connectivity index (χ3v) is 4.60. The second-order valence-corrected chi connectivity index (χ2v) is 6.74. The average Bonchev–Trinajstić information content (AvgIpc) is 2.54. The summed E-state index contributed by atoms with van der Waals surface area (Å²) in [7, 11) is 0. The van der Waals surface area contributed by atoms with Gasteiger partial charge in [-0.05, 0) is 43.9 Å². The number of piperidine rings is 1. The van der Waals surface area contributed by atoms with E-state index >= 15 is 0 Å². The lowest BCUT2D eigenvalue weighted by atomic mass is 9.95. The molecule has 2 rings (SSSR count). The molecule has 0 aromatic heterocycles. The third-order valence-electron chi connectivity index (χ3n) is 4.60. The van der Waals surface area contributed by atoms with Crippen LogP contribution >= 0.6 is 0 Å². The van der Waals surface area contributed by atoms with Crippen LogP contribution in [0.2, 0.25) is 0 Å². The topological polar surface area (TPSA) is 61.4 Å². The number of carbonyl (C=O) groups excluding carboxylic acids is 2. The number of likely N-dealkylation sites (tertiary alicyclic amines) is 1. The van der Waals surface area contributed by atoms with Crippen LogP contribution in [0.5, 0.6) is 0 Å². The maximum absolute atomic E-state index is 13.2. The zero-order valence-electron chi connectivity index (χ0n) is 14.5. The molecule has 2 N–H and O–H groups in total. The van der Waals surface area contributed by atoms with Gasteiger partial charge in [-0.15, -0.1) is 0 Å². The van der Waals surface area contributed by atoms with E-state index in [2.05, 4.69) is 24.5 Å². The summed E-state index contributed by atoms with van der Waals surface area (Å²) in [5, 5.41) is 5.73. The van der Waals surface area contributed by atoms with Crippen molar-refractivity contribution in [3.8, 4) is 0 Å². The molecule has 1 heterocycles. The van der Waals surface area contributed by atoms with E-state index in [9.17, 15) is 14.0 Å². The minimum absolute atomic E-state index is 0.0515. The normalized spacial score (nSPS) is 16.8. The highest BCUT2D eigenvalue weighted by Gasteiger charge is 2.28.